The molecule has 0 aliphatic rings. The average Bonchev–Trinajstić information content (AvgIpc) is 2.28. The van der Waals surface area contributed by atoms with E-state index in [1.54, 1.807) is 0 Å². The van der Waals surface area contributed by atoms with Crippen LogP contribution >= 0.6 is 11.6 Å². The van der Waals surface area contributed by atoms with Gasteiger partial charge >= 0.3 is 0 Å². The second-order valence-electron chi connectivity index (χ2n) is 3.76. The second kappa shape index (κ2) is 8.43. The highest BCUT2D eigenvalue weighted by Gasteiger charge is 1.93. The first-order chi connectivity index (χ1) is 7.83. The maximum Gasteiger partial charge on any atom is 0.0639 e. The van der Waals surface area contributed by atoms with E-state index in [-0.39, 0.29) is 0 Å². The second-order valence-corrected chi connectivity index (χ2v) is 4.19. The van der Waals surface area contributed by atoms with Gasteiger partial charge in [-0.3, -0.25) is 0 Å². The number of anilines is 1. The molecule has 1 N–H and O–H groups in total. The molecule has 1 aromatic rings. The summed E-state index contributed by atoms with van der Waals surface area (Å²) in [5.41, 5.74) is 1.05. The summed E-state index contributed by atoms with van der Waals surface area (Å²) in [6.07, 6.45) is 3.65. The number of benzene rings is 1. The van der Waals surface area contributed by atoms with Crippen molar-refractivity contribution in [2.24, 2.45) is 0 Å². The van der Waals surface area contributed by atoms with Crippen LogP contribution in [0, 0.1) is 0 Å². The average molecular weight is 242 g/mol. The molecule has 0 atom stereocenters. The number of hydrogen-bond acceptors (Lipinski definition) is 2. The number of nitrogens with one attached hydrogen (secondary N) is 1. The van der Waals surface area contributed by atoms with E-state index in [4.69, 9.17) is 16.3 Å². The Morgan fingerprint density at radius 3 is 2.88 bits per heavy atom. The lowest BCUT2D eigenvalue weighted by molar-refractivity contribution is 0.140. The van der Waals surface area contributed by atoms with Crippen molar-refractivity contribution < 1.29 is 4.74 Å². The maximum absolute atomic E-state index is 5.87. The summed E-state index contributed by atoms with van der Waals surface area (Å²) in [7, 11) is 0. The molecule has 0 fully saturated rings. The van der Waals surface area contributed by atoms with Gasteiger partial charge in [-0.2, -0.15) is 0 Å². The summed E-state index contributed by atoms with van der Waals surface area (Å²) in [6, 6.07) is 7.72. The fourth-order valence-electron chi connectivity index (χ4n) is 1.42. The van der Waals surface area contributed by atoms with Crippen LogP contribution in [-0.4, -0.2) is 19.8 Å². The van der Waals surface area contributed by atoms with E-state index >= 15 is 0 Å². The summed E-state index contributed by atoms with van der Waals surface area (Å²) in [5, 5.41) is 4.03. The zero-order valence-corrected chi connectivity index (χ0v) is 10.6. The quantitative estimate of drug-likeness (QED) is 0.696. The molecule has 0 heterocycles. The molecule has 2 nitrogen and oxygen atoms in total. The lowest BCUT2D eigenvalue weighted by atomic mass is 10.3. The summed E-state index contributed by atoms with van der Waals surface area (Å²) in [4.78, 5) is 0. The molecule has 0 aliphatic carbocycles. The SMILES string of the molecule is CCCCCOCCNc1cccc(Cl)c1. The molecule has 1 rings (SSSR count). The van der Waals surface area contributed by atoms with E-state index in [1.807, 2.05) is 24.3 Å². The first-order valence-electron chi connectivity index (χ1n) is 5.90. The third-order valence-corrected chi connectivity index (χ3v) is 2.53. The number of unbranched alkanes of at least 4 members (excludes halogenated alkanes) is 2. The van der Waals surface area contributed by atoms with Crippen molar-refractivity contribution >= 4 is 17.3 Å². The Morgan fingerprint density at radius 1 is 1.25 bits per heavy atom. The molecular formula is C13H20ClNO. The highest BCUT2D eigenvalue weighted by molar-refractivity contribution is 6.30. The van der Waals surface area contributed by atoms with Gasteiger partial charge in [0.15, 0.2) is 0 Å². The van der Waals surface area contributed by atoms with Crippen LogP contribution in [0.15, 0.2) is 24.3 Å². The van der Waals surface area contributed by atoms with Crippen LogP contribution in [0.25, 0.3) is 0 Å². The van der Waals surface area contributed by atoms with Gasteiger partial charge in [-0.05, 0) is 24.6 Å². The molecule has 90 valence electrons. The minimum absolute atomic E-state index is 0.746. The molecule has 0 aliphatic heterocycles. The Balaban J connectivity index is 2.03. The topological polar surface area (TPSA) is 21.3 Å². The van der Waals surface area contributed by atoms with E-state index in [0.29, 0.717) is 0 Å². The van der Waals surface area contributed by atoms with Gasteiger partial charge in [-0.1, -0.05) is 37.4 Å². The molecule has 0 bridgehead atoms. The van der Waals surface area contributed by atoms with Gasteiger partial charge in [0.2, 0.25) is 0 Å². The van der Waals surface area contributed by atoms with Gasteiger partial charge in [0.1, 0.15) is 0 Å². The zero-order valence-electron chi connectivity index (χ0n) is 9.84. The lowest BCUT2D eigenvalue weighted by Gasteiger charge is -2.07. The highest BCUT2D eigenvalue weighted by atomic mass is 35.5. The van der Waals surface area contributed by atoms with Crippen molar-refractivity contribution in [2.75, 3.05) is 25.1 Å². The van der Waals surface area contributed by atoms with Crippen molar-refractivity contribution in [3.8, 4) is 0 Å². The number of ether oxygens (including phenoxy) is 1. The number of rotatable bonds is 8. The Labute approximate surface area is 103 Å². The number of halogens is 1. The Bertz CT molecular complexity index is 291. The molecule has 1 aromatic carbocycles. The van der Waals surface area contributed by atoms with Crippen molar-refractivity contribution in [1.82, 2.24) is 0 Å². The van der Waals surface area contributed by atoms with E-state index in [1.165, 1.54) is 12.8 Å². The van der Waals surface area contributed by atoms with Crippen LogP contribution in [-0.2, 0) is 4.74 Å². The summed E-state index contributed by atoms with van der Waals surface area (Å²) in [6.45, 7) is 4.63. The molecule has 0 spiro atoms. The Kier molecular flexibility index (Phi) is 7.02. The first-order valence-corrected chi connectivity index (χ1v) is 6.28. The minimum Gasteiger partial charge on any atom is -0.383 e. The number of hydrogen-bond donors (Lipinski definition) is 1. The van der Waals surface area contributed by atoms with Gasteiger partial charge in [0.05, 0.1) is 6.61 Å². The normalized spacial score (nSPS) is 10.4. The molecule has 0 aromatic heterocycles. The Hall–Kier alpha value is -0.730. The molecule has 0 saturated carbocycles. The van der Waals surface area contributed by atoms with Gasteiger partial charge in [-0.25, -0.2) is 0 Å². The van der Waals surface area contributed by atoms with Gasteiger partial charge < -0.3 is 10.1 Å². The summed E-state index contributed by atoms with van der Waals surface area (Å²) in [5.74, 6) is 0. The molecule has 0 amide bonds. The highest BCUT2D eigenvalue weighted by Crippen LogP contribution is 2.14. The molecule has 0 unspecified atom stereocenters. The van der Waals surface area contributed by atoms with Crippen LogP contribution < -0.4 is 5.32 Å². The first kappa shape index (κ1) is 13.3. The van der Waals surface area contributed by atoms with Gasteiger partial charge in [0.25, 0.3) is 0 Å². The van der Waals surface area contributed by atoms with Crippen LogP contribution in [0.2, 0.25) is 5.02 Å². The van der Waals surface area contributed by atoms with E-state index in [2.05, 4.69) is 12.2 Å². The molecule has 16 heavy (non-hydrogen) atoms. The van der Waals surface area contributed by atoms with Gasteiger partial charge in [0, 0.05) is 23.9 Å². The summed E-state index contributed by atoms with van der Waals surface area (Å²) >= 11 is 5.87. The summed E-state index contributed by atoms with van der Waals surface area (Å²) < 4.78 is 5.49. The van der Waals surface area contributed by atoms with Crippen LogP contribution in [0.5, 0.6) is 0 Å². The third-order valence-electron chi connectivity index (χ3n) is 2.29. The molecular weight excluding hydrogens is 222 g/mol. The third kappa shape index (κ3) is 5.99. The minimum atomic E-state index is 0.746. The monoisotopic (exact) mass is 241 g/mol. The van der Waals surface area contributed by atoms with Crippen molar-refractivity contribution in [3.63, 3.8) is 0 Å². The van der Waals surface area contributed by atoms with E-state index in [9.17, 15) is 0 Å². The zero-order chi connectivity index (χ0) is 11.6. The van der Waals surface area contributed by atoms with E-state index in [0.717, 1.165) is 36.9 Å². The predicted octanol–water partition coefficient (Wildman–Crippen LogP) is 3.96. The molecule has 3 heteroatoms. The van der Waals surface area contributed by atoms with Crippen LogP contribution in [0.4, 0.5) is 5.69 Å². The van der Waals surface area contributed by atoms with E-state index < -0.39 is 0 Å². The van der Waals surface area contributed by atoms with Crippen molar-refractivity contribution in [2.45, 2.75) is 26.2 Å². The van der Waals surface area contributed by atoms with Crippen molar-refractivity contribution in [3.05, 3.63) is 29.3 Å². The predicted molar refractivity (Wildman–Crippen MR) is 70.3 cm³/mol. The van der Waals surface area contributed by atoms with Crippen molar-refractivity contribution in [1.29, 1.82) is 0 Å². The molecule has 0 radical (unpaired) electrons. The maximum atomic E-state index is 5.87. The van der Waals surface area contributed by atoms with Gasteiger partial charge in [-0.15, -0.1) is 0 Å². The molecule has 0 saturated heterocycles. The van der Waals surface area contributed by atoms with Crippen LogP contribution in [0.3, 0.4) is 0 Å². The Morgan fingerprint density at radius 2 is 2.12 bits per heavy atom. The largest absolute Gasteiger partial charge is 0.383 e. The lowest BCUT2D eigenvalue weighted by Crippen LogP contribution is -2.09. The standard InChI is InChI=1S/C13H20ClNO/c1-2-3-4-9-16-10-8-15-13-7-5-6-12(14)11-13/h5-7,11,15H,2-4,8-10H2,1H3. The fourth-order valence-corrected chi connectivity index (χ4v) is 1.61. The van der Waals surface area contributed by atoms with Crippen LogP contribution in [0.1, 0.15) is 26.2 Å². The fraction of sp³-hybridized carbons (Fsp3) is 0.538. The smallest absolute Gasteiger partial charge is 0.0639 e.